The predicted octanol–water partition coefficient (Wildman–Crippen LogP) is 0.972. The third kappa shape index (κ3) is 2.61. The van der Waals surface area contributed by atoms with Crippen molar-refractivity contribution in [1.82, 2.24) is 19.7 Å². The first kappa shape index (κ1) is 14.0. The molecule has 0 spiro atoms. The zero-order valence-electron chi connectivity index (χ0n) is 12.0. The van der Waals surface area contributed by atoms with Crippen LogP contribution in [0.2, 0.25) is 0 Å². The molecule has 2 heterocycles. The molecule has 0 aliphatic carbocycles. The number of aryl methyl sites for hydroxylation is 1. The molecular weight excluding hydrogens is 258 g/mol. The second-order valence-electron chi connectivity index (χ2n) is 4.74. The summed E-state index contributed by atoms with van der Waals surface area (Å²) >= 11 is 0. The topological polar surface area (TPSA) is 84.1 Å². The van der Waals surface area contributed by atoms with Gasteiger partial charge in [0, 0.05) is 37.6 Å². The molecule has 20 heavy (non-hydrogen) atoms. The fourth-order valence-electron chi connectivity index (χ4n) is 1.98. The third-order valence-corrected chi connectivity index (χ3v) is 3.01. The van der Waals surface area contributed by atoms with Gasteiger partial charge < -0.3 is 10.0 Å². The summed E-state index contributed by atoms with van der Waals surface area (Å²) in [7, 11) is 3.71. The smallest absolute Gasteiger partial charge is 0.307 e. The Labute approximate surface area is 116 Å². The Bertz CT molecular complexity index is 648. The highest BCUT2D eigenvalue weighted by Crippen LogP contribution is 2.18. The predicted molar refractivity (Wildman–Crippen MR) is 74.3 cm³/mol. The van der Waals surface area contributed by atoms with Crippen LogP contribution in [0, 0.1) is 13.8 Å². The zero-order chi connectivity index (χ0) is 14.9. The molecule has 2 rings (SSSR count). The van der Waals surface area contributed by atoms with E-state index < -0.39 is 5.97 Å². The van der Waals surface area contributed by atoms with Gasteiger partial charge in [0.25, 0.3) is 0 Å². The lowest BCUT2D eigenvalue weighted by Crippen LogP contribution is -2.14. The van der Waals surface area contributed by atoms with Gasteiger partial charge in [-0.2, -0.15) is 10.1 Å². The van der Waals surface area contributed by atoms with Crippen molar-refractivity contribution in [3.8, 4) is 5.82 Å². The number of carboxylic acid groups (broad SMARTS) is 1. The Hall–Kier alpha value is -2.44. The standard InChI is InChI=1S/C13H17N5O2/c1-8-10(7-12(19)20)9(2)18(16-8)11-5-6-14-13(15-11)17(3)4/h5-6H,7H2,1-4H3,(H,19,20). The van der Waals surface area contributed by atoms with Crippen LogP contribution in [0.1, 0.15) is 17.0 Å². The highest BCUT2D eigenvalue weighted by atomic mass is 16.4. The van der Waals surface area contributed by atoms with Crippen molar-refractivity contribution in [3.63, 3.8) is 0 Å². The van der Waals surface area contributed by atoms with Crippen LogP contribution in [0.4, 0.5) is 5.95 Å². The van der Waals surface area contributed by atoms with Crippen LogP contribution in [-0.2, 0) is 11.2 Å². The van der Waals surface area contributed by atoms with E-state index >= 15 is 0 Å². The fourth-order valence-corrected chi connectivity index (χ4v) is 1.98. The molecule has 0 fully saturated rings. The number of hydrogen-bond donors (Lipinski definition) is 1. The number of nitrogens with zero attached hydrogens (tertiary/aromatic N) is 5. The van der Waals surface area contributed by atoms with Crippen molar-refractivity contribution in [3.05, 3.63) is 29.2 Å². The number of aliphatic carboxylic acids is 1. The first-order valence-electron chi connectivity index (χ1n) is 6.17. The molecule has 0 saturated carbocycles. The van der Waals surface area contributed by atoms with Gasteiger partial charge in [-0.25, -0.2) is 9.67 Å². The molecule has 0 amide bonds. The van der Waals surface area contributed by atoms with Gasteiger partial charge in [0.1, 0.15) is 0 Å². The van der Waals surface area contributed by atoms with E-state index in [-0.39, 0.29) is 6.42 Å². The van der Waals surface area contributed by atoms with E-state index in [1.807, 2.05) is 21.0 Å². The lowest BCUT2D eigenvalue weighted by atomic mass is 10.1. The minimum Gasteiger partial charge on any atom is -0.481 e. The average molecular weight is 275 g/mol. The molecule has 1 N–H and O–H groups in total. The maximum Gasteiger partial charge on any atom is 0.307 e. The van der Waals surface area contributed by atoms with Gasteiger partial charge in [0.15, 0.2) is 5.82 Å². The van der Waals surface area contributed by atoms with Crippen LogP contribution < -0.4 is 4.90 Å². The molecule has 2 aromatic rings. The van der Waals surface area contributed by atoms with Crippen molar-refractivity contribution < 1.29 is 9.90 Å². The molecule has 0 atom stereocenters. The van der Waals surface area contributed by atoms with Gasteiger partial charge in [0.05, 0.1) is 12.1 Å². The van der Waals surface area contributed by atoms with Crippen molar-refractivity contribution >= 4 is 11.9 Å². The summed E-state index contributed by atoms with van der Waals surface area (Å²) in [6.45, 7) is 3.64. The van der Waals surface area contributed by atoms with Gasteiger partial charge >= 0.3 is 5.97 Å². The summed E-state index contributed by atoms with van der Waals surface area (Å²) in [5.41, 5.74) is 2.21. The van der Waals surface area contributed by atoms with E-state index in [1.54, 1.807) is 28.8 Å². The minimum absolute atomic E-state index is 0.0384. The van der Waals surface area contributed by atoms with Crippen LogP contribution in [0.3, 0.4) is 0 Å². The summed E-state index contributed by atoms with van der Waals surface area (Å²) in [6, 6.07) is 1.75. The van der Waals surface area contributed by atoms with Gasteiger partial charge in [0.2, 0.25) is 5.95 Å². The van der Waals surface area contributed by atoms with E-state index in [2.05, 4.69) is 15.1 Å². The number of rotatable bonds is 4. The first-order valence-corrected chi connectivity index (χ1v) is 6.17. The van der Waals surface area contributed by atoms with Crippen molar-refractivity contribution in [2.75, 3.05) is 19.0 Å². The molecular formula is C13H17N5O2. The zero-order valence-corrected chi connectivity index (χ0v) is 12.0. The minimum atomic E-state index is -0.868. The fraction of sp³-hybridized carbons (Fsp3) is 0.385. The third-order valence-electron chi connectivity index (χ3n) is 3.01. The average Bonchev–Trinajstić information content (AvgIpc) is 2.66. The van der Waals surface area contributed by atoms with Crippen LogP contribution in [0.5, 0.6) is 0 Å². The number of hydrogen-bond acceptors (Lipinski definition) is 5. The molecule has 0 radical (unpaired) electrons. The molecule has 0 aliphatic rings. The monoisotopic (exact) mass is 275 g/mol. The van der Waals surface area contributed by atoms with E-state index in [0.29, 0.717) is 17.5 Å². The second kappa shape index (κ2) is 5.28. The lowest BCUT2D eigenvalue weighted by molar-refractivity contribution is -0.136. The van der Waals surface area contributed by atoms with E-state index in [4.69, 9.17) is 5.11 Å². The Kier molecular flexibility index (Phi) is 3.69. The molecule has 7 nitrogen and oxygen atoms in total. The maximum atomic E-state index is 10.9. The number of anilines is 1. The largest absolute Gasteiger partial charge is 0.481 e. The van der Waals surface area contributed by atoms with E-state index in [0.717, 1.165) is 11.3 Å². The van der Waals surface area contributed by atoms with Crippen LogP contribution >= 0.6 is 0 Å². The molecule has 0 unspecified atom stereocenters. The van der Waals surface area contributed by atoms with Gasteiger partial charge in [-0.05, 0) is 13.8 Å². The van der Waals surface area contributed by atoms with Crippen molar-refractivity contribution in [2.45, 2.75) is 20.3 Å². The summed E-state index contributed by atoms with van der Waals surface area (Å²) in [4.78, 5) is 21.2. The SMILES string of the molecule is Cc1nn(-c2ccnc(N(C)C)n2)c(C)c1CC(=O)O. The summed E-state index contributed by atoms with van der Waals surface area (Å²) in [5.74, 6) is 0.336. The number of carboxylic acids is 1. The molecule has 2 aromatic heterocycles. The number of aromatic nitrogens is 4. The highest BCUT2D eigenvalue weighted by molar-refractivity contribution is 5.71. The van der Waals surface area contributed by atoms with Gasteiger partial charge in [-0.1, -0.05) is 0 Å². The maximum absolute atomic E-state index is 10.9. The van der Waals surface area contributed by atoms with Crippen molar-refractivity contribution in [1.29, 1.82) is 0 Å². The quantitative estimate of drug-likeness (QED) is 0.895. The molecule has 106 valence electrons. The Morgan fingerprint density at radius 3 is 2.70 bits per heavy atom. The molecule has 0 bridgehead atoms. The first-order chi connectivity index (χ1) is 9.40. The summed E-state index contributed by atoms with van der Waals surface area (Å²) < 4.78 is 1.66. The lowest BCUT2D eigenvalue weighted by Gasteiger charge is -2.11. The van der Waals surface area contributed by atoms with E-state index in [9.17, 15) is 4.79 Å². The van der Waals surface area contributed by atoms with Gasteiger partial charge in [-0.15, -0.1) is 0 Å². The van der Waals surface area contributed by atoms with Crippen molar-refractivity contribution in [2.24, 2.45) is 0 Å². The highest BCUT2D eigenvalue weighted by Gasteiger charge is 2.16. The second-order valence-corrected chi connectivity index (χ2v) is 4.74. The van der Waals surface area contributed by atoms with Gasteiger partial charge in [-0.3, -0.25) is 4.79 Å². The molecule has 0 aliphatic heterocycles. The van der Waals surface area contributed by atoms with E-state index in [1.165, 1.54) is 0 Å². The molecule has 0 saturated heterocycles. The molecule has 0 aromatic carbocycles. The van der Waals surface area contributed by atoms with Crippen LogP contribution in [0.15, 0.2) is 12.3 Å². The summed E-state index contributed by atoms with van der Waals surface area (Å²) in [6.07, 6.45) is 1.62. The Morgan fingerprint density at radius 2 is 2.10 bits per heavy atom. The Balaban J connectivity index is 2.48. The normalized spacial score (nSPS) is 10.6. The van der Waals surface area contributed by atoms with Crippen LogP contribution in [0.25, 0.3) is 5.82 Å². The Morgan fingerprint density at radius 1 is 1.40 bits per heavy atom. The van der Waals surface area contributed by atoms with Crippen LogP contribution in [-0.4, -0.2) is 44.9 Å². The number of carbonyl (C=O) groups is 1. The summed E-state index contributed by atoms with van der Waals surface area (Å²) in [5, 5.41) is 13.3. The molecule has 7 heteroatoms.